The van der Waals surface area contributed by atoms with Gasteiger partial charge in [-0.25, -0.2) is 0 Å². The van der Waals surface area contributed by atoms with Crippen LogP contribution in [0.3, 0.4) is 0 Å². The number of nitrogens with one attached hydrogen (secondary N) is 1. The maximum absolute atomic E-state index is 5.67. The summed E-state index contributed by atoms with van der Waals surface area (Å²) in [5.41, 5.74) is 0.348. The highest BCUT2D eigenvalue weighted by Gasteiger charge is 2.15. The molecule has 0 fully saturated rings. The van der Waals surface area contributed by atoms with Gasteiger partial charge in [0.15, 0.2) is 0 Å². The summed E-state index contributed by atoms with van der Waals surface area (Å²) in [6, 6.07) is 0. The minimum atomic E-state index is 0.348. The van der Waals surface area contributed by atoms with E-state index in [2.05, 4.69) is 19.2 Å². The van der Waals surface area contributed by atoms with Gasteiger partial charge in [-0.3, -0.25) is 0 Å². The molecule has 0 spiro atoms. The van der Waals surface area contributed by atoms with Crippen LogP contribution in [0.1, 0.15) is 33.6 Å². The molecule has 0 aliphatic heterocycles. The summed E-state index contributed by atoms with van der Waals surface area (Å²) in [4.78, 5) is 0. The zero-order chi connectivity index (χ0) is 10.9. The lowest BCUT2D eigenvalue weighted by Crippen LogP contribution is -2.31. The van der Waals surface area contributed by atoms with Gasteiger partial charge < -0.3 is 10.1 Å². The second-order valence-corrected chi connectivity index (χ2v) is 4.71. The largest absolute Gasteiger partial charge is 0.380 e. The van der Waals surface area contributed by atoms with Crippen LogP contribution in [0.4, 0.5) is 0 Å². The van der Waals surface area contributed by atoms with Gasteiger partial charge in [-0.15, -0.1) is 11.6 Å². The molecule has 2 nitrogen and oxygen atoms in total. The molecule has 14 heavy (non-hydrogen) atoms. The fourth-order valence-electron chi connectivity index (χ4n) is 1.35. The van der Waals surface area contributed by atoms with E-state index in [-0.39, 0.29) is 0 Å². The van der Waals surface area contributed by atoms with E-state index in [0.29, 0.717) is 5.41 Å². The van der Waals surface area contributed by atoms with Crippen molar-refractivity contribution in [3.63, 3.8) is 0 Å². The lowest BCUT2D eigenvalue weighted by molar-refractivity contribution is 0.146. The first-order valence-corrected chi connectivity index (χ1v) is 6.00. The van der Waals surface area contributed by atoms with Crippen molar-refractivity contribution in [1.82, 2.24) is 5.32 Å². The molecule has 0 aliphatic carbocycles. The smallest absolute Gasteiger partial charge is 0.0590 e. The molecule has 0 aromatic rings. The maximum atomic E-state index is 5.67. The molecule has 0 rings (SSSR count). The highest BCUT2D eigenvalue weighted by molar-refractivity contribution is 6.17. The van der Waals surface area contributed by atoms with Crippen LogP contribution >= 0.6 is 11.6 Å². The van der Waals surface area contributed by atoms with Crippen molar-refractivity contribution < 1.29 is 4.74 Å². The standard InChI is InChI=1S/C11H24ClNO/c1-4-14-9-8-13-10-11(2,3)6-5-7-12/h13H,4-10H2,1-3H3. The number of hydrogen-bond acceptors (Lipinski definition) is 2. The molecular formula is C11H24ClNO. The van der Waals surface area contributed by atoms with E-state index in [1.165, 1.54) is 6.42 Å². The predicted octanol–water partition coefficient (Wildman–Crippen LogP) is 2.66. The van der Waals surface area contributed by atoms with E-state index in [9.17, 15) is 0 Å². The molecule has 0 aromatic heterocycles. The summed E-state index contributed by atoms with van der Waals surface area (Å²) < 4.78 is 5.25. The van der Waals surface area contributed by atoms with Gasteiger partial charge >= 0.3 is 0 Å². The molecule has 0 saturated heterocycles. The molecule has 0 atom stereocenters. The Kier molecular flexibility index (Phi) is 8.64. The Balaban J connectivity index is 3.35. The van der Waals surface area contributed by atoms with Crippen molar-refractivity contribution in [3.05, 3.63) is 0 Å². The minimum absolute atomic E-state index is 0.348. The van der Waals surface area contributed by atoms with Crippen molar-refractivity contribution in [2.24, 2.45) is 5.41 Å². The first-order chi connectivity index (χ1) is 6.62. The van der Waals surface area contributed by atoms with Crippen LogP contribution in [-0.2, 0) is 4.74 Å². The fraction of sp³-hybridized carbons (Fsp3) is 1.00. The summed E-state index contributed by atoms with van der Waals surface area (Å²) in [5.74, 6) is 0.766. The zero-order valence-corrected chi connectivity index (χ0v) is 10.5. The van der Waals surface area contributed by atoms with Crippen LogP contribution in [0.2, 0.25) is 0 Å². The molecule has 0 unspecified atom stereocenters. The zero-order valence-electron chi connectivity index (χ0n) is 9.74. The topological polar surface area (TPSA) is 21.3 Å². The lowest BCUT2D eigenvalue weighted by Gasteiger charge is -2.24. The van der Waals surface area contributed by atoms with Crippen molar-refractivity contribution >= 4 is 11.6 Å². The highest BCUT2D eigenvalue weighted by atomic mass is 35.5. The number of rotatable bonds is 9. The van der Waals surface area contributed by atoms with Crippen LogP contribution in [-0.4, -0.2) is 32.2 Å². The predicted molar refractivity (Wildman–Crippen MR) is 63.1 cm³/mol. The molecule has 0 saturated carbocycles. The first kappa shape index (κ1) is 14.2. The van der Waals surface area contributed by atoms with Gasteiger partial charge in [0.1, 0.15) is 0 Å². The first-order valence-electron chi connectivity index (χ1n) is 5.47. The quantitative estimate of drug-likeness (QED) is 0.478. The molecular weight excluding hydrogens is 198 g/mol. The Morgan fingerprint density at radius 3 is 2.64 bits per heavy atom. The van der Waals surface area contributed by atoms with Crippen molar-refractivity contribution in [2.45, 2.75) is 33.6 Å². The van der Waals surface area contributed by atoms with Crippen molar-refractivity contribution in [2.75, 3.05) is 32.2 Å². The number of halogens is 1. The Morgan fingerprint density at radius 2 is 2.07 bits per heavy atom. The van der Waals surface area contributed by atoms with Crippen molar-refractivity contribution in [1.29, 1.82) is 0 Å². The molecule has 0 bridgehead atoms. The number of alkyl halides is 1. The average Bonchev–Trinajstić information content (AvgIpc) is 2.15. The summed E-state index contributed by atoms with van der Waals surface area (Å²) >= 11 is 5.67. The molecule has 3 heteroatoms. The molecule has 0 radical (unpaired) electrons. The SMILES string of the molecule is CCOCCNCC(C)(C)CCCCl. The van der Waals surface area contributed by atoms with Crippen LogP contribution < -0.4 is 5.32 Å². The molecule has 0 amide bonds. The Labute approximate surface area is 93.4 Å². The van der Waals surface area contributed by atoms with E-state index in [4.69, 9.17) is 16.3 Å². The molecule has 0 aromatic carbocycles. The summed E-state index contributed by atoms with van der Waals surface area (Å²) in [5, 5.41) is 3.40. The Morgan fingerprint density at radius 1 is 1.36 bits per heavy atom. The van der Waals surface area contributed by atoms with Gasteiger partial charge in [-0.2, -0.15) is 0 Å². The molecule has 0 aliphatic rings. The molecule has 0 heterocycles. The second kappa shape index (κ2) is 8.51. The van der Waals surface area contributed by atoms with Crippen LogP contribution in [0.15, 0.2) is 0 Å². The normalized spacial score (nSPS) is 12.0. The summed E-state index contributed by atoms with van der Waals surface area (Å²) in [7, 11) is 0. The second-order valence-electron chi connectivity index (χ2n) is 4.33. The third kappa shape index (κ3) is 8.79. The van der Waals surface area contributed by atoms with Crippen LogP contribution in [0, 0.1) is 5.41 Å². The Hall–Kier alpha value is 0.210. The Bertz CT molecular complexity index is 128. The van der Waals surface area contributed by atoms with Crippen LogP contribution in [0.25, 0.3) is 0 Å². The summed E-state index contributed by atoms with van der Waals surface area (Å²) in [6.07, 6.45) is 2.28. The summed E-state index contributed by atoms with van der Waals surface area (Å²) in [6.45, 7) is 10.2. The monoisotopic (exact) mass is 221 g/mol. The third-order valence-corrected chi connectivity index (χ3v) is 2.49. The minimum Gasteiger partial charge on any atom is -0.380 e. The molecule has 86 valence electrons. The maximum Gasteiger partial charge on any atom is 0.0590 e. The van der Waals surface area contributed by atoms with Gasteiger partial charge in [0.2, 0.25) is 0 Å². The lowest BCUT2D eigenvalue weighted by atomic mass is 9.88. The van der Waals surface area contributed by atoms with Gasteiger partial charge in [0.25, 0.3) is 0 Å². The van der Waals surface area contributed by atoms with Crippen LogP contribution in [0.5, 0.6) is 0 Å². The van der Waals surface area contributed by atoms with Gasteiger partial charge in [-0.1, -0.05) is 13.8 Å². The van der Waals surface area contributed by atoms with E-state index in [0.717, 1.165) is 38.6 Å². The van der Waals surface area contributed by atoms with E-state index in [1.807, 2.05) is 6.92 Å². The number of ether oxygens (including phenoxy) is 1. The average molecular weight is 222 g/mol. The molecule has 1 N–H and O–H groups in total. The van der Waals surface area contributed by atoms with Gasteiger partial charge in [0, 0.05) is 25.6 Å². The highest BCUT2D eigenvalue weighted by Crippen LogP contribution is 2.21. The fourth-order valence-corrected chi connectivity index (χ4v) is 1.48. The van der Waals surface area contributed by atoms with E-state index >= 15 is 0 Å². The van der Waals surface area contributed by atoms with Gasteiger partial charge in [0.05, 0.1) is 6.61 Å². The van der Waals surface area contributed by atoms with Gasteiger partial charge in [-0.05, 0) is 25.2 Å². The van der Waals surface area contributed by atoms with E-state index in [1.54, 1.807) is 0 Å². The van der Waals surface area contributed by atoms with Crippen molar-refractivity contribution in [3.8, 4) is 0 Å². The third-order valence-electron chi connectivity index (χ3n) is 2.22. The number of hydrogen-bond donors (Lipinski definition) is 1. The van der Waals surface area contributed by atoms with E-state index < -0.39 is 0 Å².